The topological polar surface area (TPSA) is 29.3 Å². The fourth-order valence-corrected chi connectivity index (χ4v) is 2.85. The van der Waals surface area contributed by atoms with Gasteiger partial charge >= 0.3 is 0 Å². The molecule has 0 aliphatic heterocycles. The minimum Gasteiger partial charge on any atom is -0.399 e. The quantitative estimate of drug-likeness (QED) is 0.590. The summed E-state index contributed by atoms with van der Waals surface area (Å²) in [5.74, 6) is 0. The molecule has 0 bridgehead atoms. The molecule has 0 spiro atoms. The van der Waals surface area contributed by atoms with Gasteiger partial charge in [0.25, 0.3) is 0 Å². The van der Waals surface area contributed by atoms with E-state index in [4.69, 9.17) is 5.73 Å². The van der Waals surface area contributed by atoms with Gasteiger partial charge in [-0.3, -0.25) is 0 Å². The van der Waals surface area contributed by atoms with Crippen LogP contribution in [0.1, 0.15) is 25.0 Å². The van der Waals surface area contributed by atoms with Crippen LogP contribution in [-0.4, -0.2) is 13.1 Å². The molecule has 3 aromatic rings. The number of nitrogens with zero attached hydrogens (tertiary/aromatic N) is 1. The number of nitrogen functional groups attached to an aromatic ring is 1. The summed E-state index contributed by atoms with van der Waals surface area (Å²) < 4.78 is 0. The van der Waals surface area contributed by atoms with Crippen LogP contribution in [-0.2, 0) is 12.8 Å². The van der Waals surface area contributed by atoms with Crippen molar-refractivity contribution in [3.05, 3.63) is 96.1 Å². The molecule has 0 amide bonds. The highest BCUT2D eigenvalue weighted by Crippen LogP contribution is 2.16. The number of rotatable bonds is 6. The Hall–Kier alpha value is -2.74. The van der Waals surface area contributed by atoms with E-state index in [9.17, 15) is 0 Å². The standard InChI is InChI=1S/C18H23N.C6H7N/c1-3-19(4-2)18-14-12-17(13-15-18)11-10-16-8-6-5-7-9-16;7-6-4-2-1-3-5-6/h5-9,12-15H,3-4,10-11H2,1-2H3;1-5H,7H2. The fraction of sp³-hybridized carbons (Fsp3) is 0.250. The van der Waals surface area contributed by atoms with Crippen LogP contribution in [0.4, 0.5) is 11.4 Å². The summed E-state index contributed by atoms with van der Waals surface area (Å²) >= 11 is 0. The molecule has 0 aliphatic carbocycles. The lowest BCUT2D eigenvalue weighted by atomic mass is 10.0. The number of benzene rings is 3. The van der Waals surface area contributed by atoms with Crippen molar-refractivity contribution < 1.29 is 0 Å². The summed E-state index contributed by atoms with van der Waals surface area (Å²) in [5.41, 5.74) is 10.3. The van der Waals surface area contributed by atoms with Gasteiger partial charge in [0.05, 0.1) is 0 Å². The first kappa shape index (κ1) is 19.6. The number of anilines is 2. The maximum atomic E-state index is 5.36. The molecule has 0 unspecified atom stereocenters. The van der Waals surface area contributed by atoms with Crippen LogP contribution in [0.3, 0.4) is 0 Å². The molecule has 2 N–H and O–H groups in total. The Kier molecular flexibility index (Phi) is 8.28. The normalized spacial score (nSPS) is 9.92. The minimum absolute atomic E-state index is 0.822. The summed E-state index contributed by atoms with van der Waals surface area (Å²) in [5, 5.41) is 0. The molecule has 0 radical (unpaired) electrons. The number of hydrogen-bond donors (Lipinski definition) is 1. The van der Waals surface area contributed by atoms with Gasteiger partial charge in [0.2, 0.25) is 0 Å². The predicted octanol–water partition coefficient (Wildman–Crippen LogP) is 5.59. The van der Waals surface area contributed by atoms with E-state index < -0.39 is 0 Å². The number of aryl methyl sites for hydroxylation is 2. The Morgan fingerprint density at radius 2 is 1.08 bits per heavy atom. The van der Waals surface area contributed by atoms with E-state index in [1.165, 1.54) is 16.8 Å². The van der Waals surface area contributed by atoms with E-state index in [0.29, 0.717) is 0 Å². The molecule has 0 saturated carbocycles. The van der Waals surface area contributed by atoms with Crippen molar-refractivity contribution in [1.29, 1.82) is 0 Å². The summed E-state index contributed by atoms with van der Waals surface area (Å²) in [6.07, 6.45) is 2.23. The maximum absolute atomic E-state index is 5.36. The number of hydrogen-bond acceptors (Lipinski definition) is 2. The number of nitrogens with two attached hydrogens (primary N) is 1. The van der Waals surface area contributed by atoms with Gasteiger partial charge in [0.1, 0.15) is 0 Å². The molecule has 0 aromatic heterocycles. The van der Waals surface area contributed by atoms with E-state index in [2.05, 4.69) is 73.3 Å². The lowest BCUT2D eigenvalue weighted by Gasteiger charge is -2.21. The van der Waals surface area contributed by atoms with Crippen LogP contribution in [0.5, 0.6) is 0 Å². The van der Waals surface area contributed by atoms with E-state index in [1.807, 2.05) is 30.3 Å². The molecule has 0 atom stereocenters. The molecule has 2 heteroatoms. The Balaban J connectivity index is 0.000000290. The second kappa shape index (κ2) is 11.0. The van der Waals surface area contributed by atoms with Gasteiger partial charge in [-0.15, -0.1) is 0 Å². The van der Waals surface area contributed by atoms with E-state index in [-0.39, 0.29) is 0 Å². The number of para-hydroxylation sites is 1. The lowest BCUT2D eigenvalue weighted by molar-refractivity contribution is 0.864. The summed E-state index contributed by atoms with van der Waals surface area (Å²) in [7, 11) is 0. The minimum atomic E-state index is 0.822. The van der Waals surface area contributed by atoms with Crippen molar-refractivity contribution in [2.75, 3.05) is 23.7 Å². The molecular weight excluding hydrogens is 316 g/mol. The van der Waals surface area contributed by atoms with Gasteiger partial charge in [-0.25, -0.2) is 0 Å². The van der Waals surface area contributed by atoms with Crippen molar-refractivity contribution in [3.63, 3.8) is 0 Å². The largest absolute Gasteiger partial charge is 0.399 e. The molecule has 0 saturated heterocycles. The second-order valence-electron chi connectivity index (χ2n) is 6.24. The van der Waals surface area contributed by atoms with Gasteiger partial charge in [-0.2, -0.15) is 0 Å². The zero-order chi connectivity index (χ0) is 18.6. The van der Waals surface area contributed by atoms with Crippen molar-refractivity contribution in [2.24, 2.45) is 0 Å². The van der Waals surface area contributed by atoms with Crippen LogP contribution in [0.2, 0.25) is 0 Å². The Morgan fingerprint density at radius 3 is 1.50 bits per heavy atom. The van der Waals surface area contributed by atoms with Crippen molar-refractivity contribution in [1.82, 2.24) is 0 Å². The Labute approximate surface area is 158 Å². The predicted molar refractivity (Wildman–Crippen MR) is 115 cm³/mol. The zero-order valence-electron chi connectivity index (χ0n) is 15.9. The van der Waals surface area contributed by atoms with E-state index in [0.717, 1.165) is 31.6 Å². The van der Waals surface area contributed by atoms with Crippen LogP contribution in [0.15, 0.2) is 84.9 Å². The summed E-state index contributed by atoms with van der Waals surface area (Å²) in [6, 6.07) is 29.2. The SMILES string of the molecule is CCN(CC)c1ccc(CCc2ccccc2)cc1.Nc1ccccc1. The molecule has 136 valence electrons. The third-order valence-electron chi connectivity index (χ3n) is 4.41. The Morgan fingerprint density at radius 1 is 0.615 bits per heavy atom. The van der Waals surface area contributed by atoms with Gasteiger partial charge in [0.15, 0.2) is 0 Å². The highest BCUT2D eigenvalue weighted by atomic mass is 15.1. The van der Waals surface area contributed by atoms with Crippen molar-refractivity contribution in [2.45, 2.75) is 26.7 Å². The van der Waals surface area contributed by atoms with Crippen LogP contribution >= 0.6 is 0 Å². The first-order chi connectivity index (χ1) is 12.7. The van der Waals surface area contributed by atoms with Gasteiger partial charge in [-0.05, 0) is 62.1 Å². The molecule has 0 fully saturated rings. The zero-order valence-corrected chi connectivity index (χ0v) is 15.9. The molecule has 0 aliphatic rings. The average Bonchev–Trinajstić information content (AvgIpc) is 2.70. The van der Waals surface area contributed by atoms with Crippen LogP contribution in [0.25, 0.3) is 0 Å². The fourth-order valence-electron chi connectivity index (χ4n) is 2.85. The van der Waals surface area contributed by atoms with Crippen molar-refractivity contribution in [3.8, 4) is 0 Å². The molecule has 3 rings (SSSR count). The molecule has 0 heterocycles. The third kappa shape index (κ3) is 6.64. The molecule has 26 heavy (non-hydrogen) atoms. The molecular formula is C24H30N2. The molecule has 3 aromatic carbocycles. The van der Waals surface area contributed by atoms with Crippen LogP contribution < -0.4 is 10.6 Å². The average molecular weight is 347 g/mol. The van der Waals surface area contributed by atoms with Crippen LogP contribution in [0, 0.1) is 0 Å². The maximum Gasteiger partial charge on any atom is 0.0366 e. The first-order valence-electron chi connectivity index (χ1n) is 9.41. The van der Waals surface area contributed by atoms with E-state index >= 15 is 0 Å². The van der Waals surface area contributed by atoms with Gasteiger partial charge < -0.3 is 10.6 Å². The highest BCUT2D eigenvalue weighted by molar-refractivity contribution is 5.47. The van der Waals surface area contributed by atoms with Gasteiger partial charge in [0, 0.05) is 24.5 Å². The third-order valence-corrected chi connectivity index (χ3v) is 4.41. The van der Waals surface area contributed by atoms with E-state index in [1.54, 1.807) is 0 Å². The second-order valence-corrected chi connectivity index (χ2v) is 6.24. The summed E-state index contributed by atoms with van der Waals surface area (Å²) in [6.45, 7) is 6.54. The summed E-state index contributed by atoms with van der Waals surface area (Å²) in [4.78, 5) is 2.38. The molecule has 2 nitrogen and oxygen atoms in total. The van der Waals surface area contributed by atoms with Gasteiger partial charge in [-0.1, -0.05) is 60.7 Å². The first-order valence-corrected chi connectivity index (χ1v) is 9.41. The Bertz CT molecular complexity index is 717. The lowest BCUT2D eigenvalue weighted by Crippen LogP contribution is -2.21. The highest BCUT2D eigenvalue weighted by Gasteiger charge is 2.01. The monoisotopic (exact) mass is 346 g/mol. The van der Waals surface area contributed by atoms with Crippen molar-refractivity contribution >= 4 is 11.4 Å². The smallest absolute Gasteiger partial charge is 0.0366 e.